The maximum Gasteiger partial charge on any atom is 0.0455 e. The Hall–Kier alpha value is -1.93. The van der Waals surface area contributed by atoms with Gasteiger partial charge in [-0.25, -0.2) is 0 Å². The second kappa shape index (κ2) is 13.4. The Morgan fingerprint density at radius 2 is 1.48 bits per heavy atom. The van der Waals surface area contributed by atoms with Crippen LogP contribution in [0.2, 0.25) is 0 Å². The van der Waals surface area contributed by atoms with E-state index in [9.17, 15) is 0 Å². The van der Waals surface area contributed by atoms with E-state index in [4.69, 9.17) is 0 Å². The molecule has 1 N–H and O–H groups in total. The van der Waals surface area contributed by atoms with Gasteiger partial charge in [0, 0.05) is 17.5 Å². The molecule has 0 saturated heterocycles. The van der Waals surface area contributed by atoms with E-state index < -0.39 is 0 Å². The number of aromatic nitrogens is 1. The van der Waals surface area contributed by atoms with Gasteiger partial charge in [0.15, 0.2) is 0 Å². The number of benzene rings is 2. The summed E-state index contributed by atoms with van der Waals surface area (Å²) in [5.74, 6) is 0. The molecule has 0 aliphatic heterocycles. The first-order valence-corrected chi connectivity index (χ1v) is 9.52. The van der Waals surface area contributed by atoms with Crippen molar-refractivity contribution in [2.24, 2.45) is 0 Å². The van der Waals surface area contributed by atoms with E-state index in [1.54, 1.807) is 0 Å². The van der Waals surface area contributed by atoms with Crippen LogP contribution in [0.25, 0.3) is 15.8 Å². The van der Waals surface area contributed by atoms with Crippen molar-refractivity contribution in [1.82, 2.24) is 4.98 Å². The van der Waals surface area contributed by atoms with Crippen LogP contribution in [0.1, 0.15) is 52.9 Å². The van der Waals surface area contributed by atoms with Gasteiger partial charge in [-0.15, -0.1) is 12.6 Å². The van der Waals surface area contributed by atoms with E-state index in [2.05, 4.69) is 67.9 Å². The number of fused-ring (bicyclic) bond motifs is 1. The van der Waals surface area contributed by atoms with E-state index >= 15 is 0 Å². The van der Waals surface area contributed by atoms with Crippen molar-refractivity contribution in [3.8, 4) is 0 Å². The fraction of sp³-hybridized carbons (Fsp3) is 0.304. The maximum absolute atomic E-state index is 4.35. The standard InChI is InChI=1S/C10H12S.C9H9N.2C2H6.H2/c1-3-10(11)9-7-5-4-6-8(9)2;1-7-6-8-4-2-3-5-9(8)10-7;2*1-2;/h3-7,11H,1-2H3;2-6,10H,1H3;2*1-2H3;1H/b10-3+;;;;. The Balaban J connectivity index is 0. The number of hydrogen-bond acceptors (Lipinski definition) is 1. The molecule has 1 heterocycles. The third-order valence-corrected chi connectivity index (χ3v) is 3.86. The number of aryl methyl sites for hydroxylation is 2. The maximum atomic E-state index is 4.35. The van der Waals surface area contributed by atoms with Gasteiger partial charge in [0.2, 0.25) is 0 Å². The highest BCUT2D eigenvalue weighted by atomic mass is 32.1. The van der Waals surface area contributed by atoms with Crippen LogP contribution >= 0.6 is 12.6 Å². The molecule has 0 aliphatic rings. The molecule has 0 spiro atoms. The molecule has 2 aromatic carbocycles. The van der Waals surface area contributed by atoms with Crippen molar-refractivity contribution in [3.05, 3.63) is 77.5 Å². The Morgan fingerprint density at radius 1 is 0.920 bits per heavy atom. The molecule has 25 heavy (non-hydrogen) atoms. The molecule has 138 valence electrons. The predicted octanol–water partition coefficient (Wildman–Crippen LogP) is 8.06. The number of aromatic amines is 1. The molecule has 0 atom stereocenters. The van der Waals surface area contributed by atoms with Crippen molar-refractivity contribution < 1.29 is 1.43 Å². The van der Waals surface area contributed by atoms with E-state index in [0.717, 1.165) is 4.91 Å². The van der Waals surface area contributed by atoms with Crippen molar-refractivity contribution >= 4 is 28.4 Å². The first kappa shape index (κ1) is 23.1. The zero-order chi connectivity index (χ0) is 19.2. The average molecular weight is 358 g/mol. The monoisotopic (exact) mass is 357 g/mol. The van der Waals surface area contributed by atoms with Crippen molar-refractivity contribution in [2.75, 3.05) is 0 Å². The third-order valence-electron chi connectivity index (χ3n) is 3.36. The lowest BCUT2D eigenvalue weighted by Crippen LogP contribution is -1.81. The van der Waals surface area contributed by atoms with Crippen LogP contribution in [0.15, 0.2) is 60.7 Å². The average Bonchev–Trinajstić information content (AvgIpc) is 3.05. The van der Waals surface area contributed by atoms with E-state index in [-0.39, 0.29) is 1.43 Å². The minimum Gasteiger partial charge on any atom is -0.359 e. The molecule has 0 saturated carbocycles. The Labute approximate surface area is 161 Å². The van der Waals surface area contributed by atoms with Gasteiger partial charge in [-0.1, -0.05) is 76.2 Å². The van der Waals surface area contributed by atoms with Crippen LogP contribution in [-0.4, -0.2) is 4.98 Å². The second-order valence-corrected chi connectivity index (χ2v) is 5.51. The van der Waals surface area contributed by atoms with Crippen molar-refractivity contribution in [3.63, 3.8) is 0 Å². The summed E-state index contributed by atoms with van der Waals surface area (Å²) < 4.78 is 0. The summed E-state index contributed by atoms with van der Waals surface area (Å²) in [6.45, 7) is 14.2. The third kappa shape index (κ3) is 7.66. The molecular formula is C23H35NS. The highest BCUT2D eigenvalue weighted by Gasteiger charge is 1.96. The fourth-order valence-corrected chi connectivity index (χ4v) is 2.49. The van der Waals surface area contributed by atoms with Gasteiger partial charge in [0.1, 0.15) is 0 Å². The number of H-pyrrole nitrogens is 1. The van der Waals surface area contributed by atoms with Crippen LogP contribution in [0, 0.1) is 13.8 Å². The quantitative estimate of drug-likeness (QED) is 0.410. The van der Waals surface area contributed by atoms with E-state index in [1.807, 2.05) is 58.9 Å². The molecule has 0 unspecified atom stereocenters. The van der Waals surface area contributed by atoms with Crippen LogP contribution in [0.5, 0.6) is 0 Å². The fourth-order valence-electron chi connectivity index (χ4n) is 2.23. The first-order chi connectivity index (χ1) is 12.1. The molecule has 2 heteroatoms. The summed E-state index contributed by atoms with van der Waals surface area (Å²) in [6.07, 6.45) is 2.01. The molecular weight excluding hydrogens is 322 g/mol. The van der Waals surface area contributed by atoms with E-state index in [1.165, 1.54) is 27.7 Å². The van der Waals surface area contributed by atoms with Crippen molar-refractivity contribution in [2.45, 2.75) is 48.5 Å². The summed E-state index contributed by atoms with van der Waals surface area (Å²) in [6, 6.07) is 18.7. The Kier molecular flexibility index (Phi) is 12.3. The minimum absolute atomic E-state index is 0. The Morgan fingerprint density at radius 3 is 2.04 bits per heavy atom. The molecule has 0 amide bonds. The van der Waals surface area contributed by atoms with Gasteiger partial charge in [0.25, 0.3) is 0 Å². The Bertz CT molecular complexity index is 726. The zero-order valence-corrected chi connectivity index (χ0v) is 17.6. The topological polar surface area (TPSA) is 15.8 Å². The van der Waals surface area contributed by atoms with Crippen LogP contribution < -0.4 is 0 Å². The smallest absolute Gasteiger partial charge is 0.0455 e. The zero-order valence-electron chi connectivity index (χ0n) is 16.7. The van der Waals surface area contributed by atoms with E-state index in [0.29, 0.717) is 0 Å². The molecule has 0 bridgehead atoms. The van der Waals surface area contributed by atoms with Crippen molar-refractivity contribution in [1.29, 1.82) is 0 Å². The lowest BCUT2D eigenvalue weighted by Gasteiger charge is -2.02. The number of allylic oxidation sites excluding steroid dienone is 1. The number of thiol groups is 1. The molecule has 1 aromatic heterocycles. The first-order valence-electron chi connectivity index (χ1n) is 9.07. The molecule has 0 aliphatic carbocycles. The van der Waals surface area contributed by atoms with Crippen LogP contribution in [-0.2, 0) is 0 Å². The predicted molar refractivity (Wildman–Crippen MR) is 122 cm³/mol. The molecule has 3 aromatic rings. The van der Waals surface area contributed by atoms with Crippen LogP contribution in [0.3, 0.4) is 0 Å². The highest BCUT2D eigenvalue weighted by Crippen LogP contribution is 2.20. The lowest BCUT2D eigenvalue weighted by molar-refractivity contribution is 1.30. The van der Waals surface area contributed by atoms with Gasteiger partial charge in [-0.2, -0.15) is 0 Å². The summed E-state index contributed by atoms with van der Waals surface area (Å²) >= 11 is 4.35. The normalized spacial score (nSPS) is 9.84. The number of para-hydroxylation sites is 1. The van der Waals surface area contributed by atoms with Gasteiger partial charge in [-0.05, 0) is 49.4 Å². The molecule has 3 rings (SSSR count). The van der Waals surface area contributed by atoms with Gasteiger partial charge in [-0.3, -0.25) is 0 Å². The summed E-state index contributed by atoms with van der Waals surface area (Å²) in [5.41, 5.74) is 4.94. The largest absolute Gasteiger partial charge is 0.359 e. The highest BCUT2D eigenvalue weighted by molar-refractivity contribution is 7.90. The number of hydrogen-bond donors (Lipinski definition) is 2. The minimum atomic E-state index is 0. The second-order valence-electron chi connectivity index (χ2n) is 5.03. The van der Waals surface area contributed by atoms with Gasteiger partial charge >= 0.3 is 0 Å². The summed E-state index contributed by atoms with van der Waals surface area (Å²) in [5, 5.41) is 1.29. The lowest BCUT2D eigenvalue weighted by atomic mass is 10.1. The van der Waals surface area contributed by atoms with Crippen LogP contribution in [0.4, 0.5) is 0 Å². The summed E-state index contributed by atoms with van der Waals surface area (Å²) in [4.78, 5) is 4.30. The molecule has 0 radical (unpaired) electrons. The SMILES string of the molecule is C/C=C(/S)c1ccccc1C.CC.CC.Cc1cc2ccccc2[nH]1.[HH]. The number of nitrogens with one attached hydrogen (secondary N) is 1. The number of rotatable bonds is 1. The molecule has 1 nitrogen and oxygen atoms in total. The summed E-state index contributed by atoms with van der Waals surface area (Å²) in [7, 11) is 0. The van der Waals surface area contributed by atoms with Gasteiger partial charge < -0.3 is 4.98 Å². The van der Waals surface area contributed by atoms with Gasteiger partial charge in [0.05, 0.1) is 0 Å². The molecule has 0 fully saturated rings.